The van der Waals surface area contributed by atoms with Crippen LogP contribution in [-0.4, -0.2) is 106 Å². The van der Waals surface area contributed by atoms with Gasteiger partial charge in [0.25, 0.3) is 0 Å². The monoisotopic (exact) mass is 807 g/mol. The van der Waals surface area contributed by atoms with Crippen molar-refractivity contribution in [3.63, 3.8) is 0 Å². The molecular weight excluding hydrogens is 741 g/mol. The fourth-order valence-corrected chi connectivity index (χ4v) is 7.77. The smallest absolute Gasteiger partial charge is 0.319 e. The standard InChI is InChI=1S/C24H34N4O2.C23H32N4O2/c1-3-20-16-22(17-21(4-2)26-20)27-23(29)25-12-15-28-13-10-24(30,11-14-28)18-19-8-6-5-7-9-19;1-3-20-16-21(15-18(2)25-20)26-22(28)24-11-14-27-12-9-23(29,10-13-27)17-19-7-5-4-6-8-19/h5-9,16-17,30H,3-4,10-15,18H2,1-2H3,(H2,25,26,27,29);4-8,15-16,29H,3,9-14,17H2,1-2H3,(H2,24,25,26,28). The summed E-state index contributed by atoms with van der Waals surface area (Å²) in [6, 6.07) is 27.6. The summed E-state index contributed by atoms with van der Waals surface area (Å²) in [6.07, 6.45) is 6.94. The molecule has 0 bridgehead atoms. The predicted molar refractivity (Wildman–Crippen MR) is 237 cm³/mol. The molecule has 4 amide bonds. The summed E-state index contributed by atoms with van der Waals surface area (Å²) >= 11 is 0. The van der Waals surface area contributed by atoms with Gasteiger partial charge in [0.1, 0.15) is 0 Å². The van der Waals surface area contributed by atoms with Crippen LogP contribution >= 0.6 is 0 Å². The third-order valence-electron chi connectivity index (χ3n) is 11.3. The Labute approximate surface area is 351 Å². The van der Waals surface area contributed by atoms with Crippen LogP contribution in [0.4, 0.5) is 21.0 Å². The molecular formula is C47H66N8O4. The number of hydrogen-bond donors (Lipinski definition) is 6. The van der Waals surface area contributed by atoms with Gasteiger partial charge in [-0.1, -0.05) is 81.4 Å². The lowest BCUT2D eigenvalue weighted by Gasteiger charge is -2.38. The molecule has 2 aromatic carbocycles. The van der Waals surface area contributed by atoms with Crippen LogP contribution in [0, 0.1) is 6.92 Å². The van der Waals surface area contributed by atoms with Gasteiger partial charge in [0.2, 0.25) is 0 Å². The van der Waals surface area contributed by atoms with Crippen LogP contribution in [0.25, 0.3) is 0 Å². The lowest BCUT2D eigenvalue weighted by Crippen LogP contribution is -2.47. The van der Waals surface area contributed by atoms with Crippen molar-refractivity contribution in [2.45, 2.75) is 96.7 Å². The Morgan fingerprint density at radius 1 is 0.593 bits per heavy atom. The Hall–Kier alpha value is -4.88. The highest BCUT2D eigenvalue weighted by Crippen LogP contribution is 2.27. The summed E-state index contributed by atoms with van der Waals surface area (Å²) < 4.78 is 0. The third kappa shape index (κ3) is 15.3. The SMILES string of the molecule is CCc1cc(NC(=O)NCCN2CCC(O)(Cc3ccccc3)CC2)cc(C)n1.CCc1cc(NC(=O)NCCN2CCC(O)(Cc3ccccc3)CC2)cc(CC)n1. The second kappa shape index (κ2) is 22.5. The zero-order valence-corrected chi connectivity index (χ0v) is 35.6. The summed E-state index contributed by atoms with van der Waals surface area (Å²) in [4.78, 5) is 38.0. The van der Waals surface area contributed by atoms with E-state index in [1.807, 2.05) is 74.5 Å². The molecule has 2 aliphatic heterocycles. The molecule has 2 fully saturated rings. The first-order chi connectivity index (χ1) is 28.4. The molecule has 0 aliphatic carbocycles. The number of carbonyl (C=O) groups excluding carboxylic acids is 2. The molecule has 4 aromatic rings. The van der Waals surface area contributed by atoms with Crippen molar-refractivity contribution in [2.75, 3.05) is 63.0 Å². The van der Waals surface area contributed by atoms with Gasteiger partial charge in [-0.3, -0.25) is 9.97 Å². The number of rotatable bonds is 15. The predicted octanol–water partition coefficient (Wildman–Crippen LogP) is 6.54. The highest BCUT2D eigenvalue weighted by atomic mass is 16.3. The van der Waals surface area contributed by atoms with Crippen LogP contribution < -0.4 is 21.3 Å². The van der Waals surface area contributed by atoms with Gasteiger partial charge in [0.05, 0.1) is 11.2 Å². The van der Waals surface area contributed by atoms with E-state index in [0.717, 1.165) is 118 Å². The fourth-order valence-electron chi connectivity index (χ4n) is 7.77. The van der Waals surface area contributed by atoms with E-state index in [1.165, 1.54) is 11.1 Å². The number of likely N-dealkylation sites (tertiary alicyclic amines) is 2. The molecule has 6 rings (SSSR count). The topological polar surface area (TPSA) is 155 Å². The molecule has 2 saturated heterocycles. The third-order valence-corrected chi connectivity index (χ3v) is 11.3. The summed E-state index contributed by atoms with van der Waals surface area (Å²) in [5.74, 6) is 0. The van der Waals surface area contributed by atoms with Crippen molar-refractivity contribution in [1.82, 2.24) is 30.4 Å². The van der Waals surface area contributed by atoms with Crippen molar-refractivity contribution in [3.8, 4) is 0 Å². The number of benzene rings is 2. The van der Waals surface area contributed by atoms with E-state index < -0.39 is 11.2 Å². The van der Waals surface area contributed by atoms with Gasteiger partial charge in [-0.25, -0.2) is 9.59 Å². The average Bonchev–Trinajstić information content (AvgIpc) is 3.23. The second-order valence-corrected chi connectivity index (χ2v) is 16.1. The van der Waals surface area contributed by atoms with Gasteiger partial charge in [-0.15, -0.1) is 0 Å². The summed E-state index contributed by atoms with van der Waals surface area (Å²) in [5, 5.41) is 33.4. The first-order valence-electron chi connectivity index (χ1n) is 21.5. The molecule has 0 radical (unpaired) electrons. The molecule has 2 aromatic heterocycles. The lowest BCUT2D eigenvalue weighted by molar-refractivity contribution is -0.0205. The van der Waals surface area contributed by atoms with Crippen molar-refractivity contribution in [1.29, 1.82) is 0 Å². The number of piperidine rings is 2. The molecule has 0 saturated carbocycles. The van der Waals surface area contributed by atoms with Crippen LogP contribution in [0.1, 0.15) is 80.4 Å². The summed E-state index contributed by atoms with van der Waals surface area (Å²) in [5.41, 5.74) is 6.52. The summed E-state index contributed by atoms with van der Waals surface area (Å²) in [7, 11) is 0. The van der Waals surface area contributed by atoms with E-state index in [2.05, 4.69) is 79.1 Å². The Kier molecular flexibility index (Phi) is 17.2. The molecule has 0 unspecified atom stereocenters. The molecule has 12 heteroatoms. The number of aryl methyl sites for hydroxylation is 4. The number of carbonyl (C=O) groups is 2. The molecule has 0 spiro atoms. The Morgan fingerprint density at radius 2 is 0.966 bits per heavy atom. The maximum Gasteiger partial charge on any atom is 0.319 e. The molecule has 2 aliphatic rings. The zero-order chi connectivity index (χ0) is 42.1. The van der Waals surface area contributed by atoms with Crippen LogP contribution in [-0.2, 0) is 32.1 Å². The largest absolute Gasteiger partial charge is 0.389 e. The molecule has 4 heterocycles. The maximum absolute atomic E-state index is 12.3. The molecule has 12 nitrogen and oxygen atoms in total. The normalized spacial score (nSPS) is 16.3. The summed E-state index contributed by atoms with van der Waals surface area (Å²) in [6.45, 7) is 14.2. The van der Waals surface area contributed by atoms with E-state index in [9.17, 15) is 19.8 Å². The number of pyridine rings is 2. The minimum absolute atomic E-state index is 0.192. The van der Waals surface area contributed by atoms with Gasteiger partial charge in [0.15, 0.2) is 0 Å². The highest BCUT2D eigenvalue weighted by molar-refractivity contribution is 5.89. The van der Waals surface area contributed by atoms with Crippen molar-refractivity contribution >= 4 is 23.4 Å². The maximum atomic E-state index is 12.3. The van der Waals surface area contributed by atoms with Crippen LogP contribution in [0.3, 0.4) is 0 Å². The van der Waals surface area contributed by atoms with E-state index in [1.54, 1.807) is 0 Å². The van der Waals surface area contributed by atoms with E-state index in [0.29, 0.717) is 25.9 Å². The zero-order valence-electron chi connectivity index (χ0n) is 35.6. The average molecular weight is 807 g/mol. The highest BCUT2D eigenvalue weighted by Gasteiger charge is 2.33. The second-order valence-electron chi connectivity index (χ2n) is 16.1. The number of nitrogens with one attached hydrogen (secondary N) is 4. The van der Waals surface area contributed by atoms with Gasteiger partial charge < -0.3 is 41.3 Å². The van der Waals surface area contributed by atoms with Gasteiger partial charge >= 0.3 is 12.1 Å². The number of amides is 4. The fraction of sp³-hybridized carbons (Fsp3) is 0.489. The molecule has 59 heavy (non-hydrogen) atoms. The van der Waals surface area contributed by atoms with Crippen LogP contribution in [0.5, 0.6) is 0 Å². The number of aliphatic hydroxyl groups is 2. The first-order valence-corrected chi connectivity index (χ1v) is 21.5. The quantitative estimate of drug-likeness (QED) is 0.0792. The molecule has 6 N–H and O–H groups in total. The minimum Gasteiger partial charge on any atom is -0.389 e. The van der Waals surface area contributed by atoms with Gasteiger partial charge in [-0.2, -0.15) is 0 Å². The van der Waals surface area contributed by atoms with Gasteiger partial charge in [-0.05, 0) is 87.3 Å². The van der Waals surface area contributed by atoms with Gasteiger partial charge in [0, 0.05) is 99.4 Å². The number of hydrogen-bond acceptors (Lipinski definition) is 8. The van der Waals surface area contributed by atoms with Crippen LogP contribution in [0.2, 0.25) is 0 Å². The van der Waals surface area contributed by atoms with Crippen LogP contribution in [0.15, 0.2) is 84.9 Å². The number of aromatic nitrogens is 2. The van der Waals surface area contributed by atoms with E-state index in [-0.39, 0.29) is 12.1 Å². The Bertz CT molecular complexity index is 1870. The Morgan fingerprint density at radius 3 is 1.36 bits per heavy atom. The lowest BCUT2D eigenvalue weighted by atomic mass is 9.85. The minimum atomic E-state index is -0.627. The van der Waals surface area contributed by atoms with Crippen molar-refractivity contribution in [2.24, 2.45) is 0 Å². The first kappa shape index (κ1) is 45.2. The van der Waals surface area contributed by atoms with Crippen molar-refractivity contribution in [3.05, 3.63) is 119 Å². The van der Waals surface area contributed by atoms with E-state index in [4.69, 9.17) is 0 Å². The van der Waals surface area contributed by atoms with E-state index >= 15 is 0 Å². The molecule has 0 atom stereocenters. The Balaban J connectivity index is 0.000000224. The van der Waals surface area contributed by atoms with Crippen molar-refractivity contribution < 1.29 is 19.8 Å². The number of nitrogens with zero attached hydrogens (tertiary/aromatic N) is 4. The number of anilines is 2. The number of urea groups is 2. The molecule has 318 valence electrons.